The zero-order valence-corrected chi connectivity index (χ0v) is 12.7. The number of nitrogen functional groups attached to an aromatic ring is 1. The zero-order chi connectivity index (χ0) is 14.3. The number of thioether (sulfide) groups is 1. The van der Waals surface area contributed by atoms with Crippen LogP contribution >= 0.6 is 11.8 Å². The van der Waals surface area contributed by atoms with E-state index in [4.69, 9.17) is 5.73 Å². The standard InChI is InChI=1S/C15H18N4S/c1-10-6-12(18(2)17-10)9-19-5-4-13-14(19)7-11(16)8-15(13)20-3/h4-8H,9,16H2,1-3H3. The lowest BCUT2D eigenvalue weighted by molar-refractivity contribution is 0.673. The van der Waals surface area contributed by atoms with Crippen LogP contribution in [0.5, 0.6) is 0 Å². The Morgan fingerprint density at radius 1 is 1.30 bits per heavy atom. The molecule has 0 radical (unpaired) electrons. The van der Waals surface area contributed by atoms with E-state index in [1.165, 1.54) is 21.5 Å². The van der Waals surface area contributed by atoms with E-state index in [0.717, 1.165) is 17.9 Å². The molecular weight excluding hydrogens is 268 g/mol. The quantitative estimate of drug-likeness (QED) is 0.594. The summed E-state index contributed by atoms with van der Waals surface area (Å²) >= 11 is 1.73. The Labute approximate surface area is 122 Å². The predicted molar refractivity (Wildman–Crippen MR) is 85.2 cm³/mol. The molecule has 0 atom stereocenters. The van der Waals surface area contributed by atoms with E-state index in [1.807, 2.05) is 30.8 Å². The molecule has 104 valence electrons. The third-order valence-corrected chi connectivity index (χ3v) is 4.30. The van der Waals surface area contributed by atoms with Gasteiger partial charge in [-0.05, 0) is 37.4 Å². The zero-order valence-electron chi connectivity index (χ0n) is 11.9. The molecule has 0 saturated carbocycles. The van der Waals surface area contributed by atoms with E-state index in [9.17, 15) is 0 Å². The summed E-state index contributed by atoms with van der Waals surface area (Å²) in [5.74, 6) is 0. The molecule has 0 saturated heterocycles. The van der Waals surface area contributed by atoms with Crippen LogP contribution in [0.3, 0.4) is 0 Å². The molecule has 0 bridgehead atoms. The van der Waals surface area contributed by atoms with Gasteiger partial charge in [-0.15, -0.1) is 11.8 Å². The largest absolute Gasteiger partial charge is 0.399 e. The van der Waals surface area contributed by atoms with Gasteiger partial charge in [0, 0.05) is 29.2 Å². The van der Waals surface area contributed by atoms with Crippen LogP contribution < -0.4 is 5.73 Å². The lowest BCUT2D eigenvalue weighted by atomic mass is 10.2. The fourth-order valence-electron chi connectivity index (χ4n) is 2.58. The first kappa shape index (κ1) is 13.1. The molecule has 20 heavy (non-hydrogen) atoms. The van der Waals surface area contributed by atoms with Crippen molar-refractivity contribution in [3.8, 4) is 0 Å². The molecule has 3 rings (SSSR count). The topological polar surface area (TPSA) is 48.8 Å². The number of benzene rings is 1. The summed E-state index contributed by atoms with van der Waals surface area (Å²) in [6.07, 6.45) is 4.20. The first-order valence-corrected chi connectivity index (χ1v) is 7.73. The first-order chi connectivity index (χ1) is 9.58. The number of rotatable bonds is 3. The summed E-state index contributed by atoms with van der Waals surface area (Å²) < 4.78 is 4.16. The first-order valence-electron chi connectivity index (χ1n) is 6.50. The van der Waals surface area contributed by atoms with Crippen LogP contribution in [-0.2, 0) is 13.6 Å². The Balaban J connectivity index is 2.08. The number of anilines is 1. The van der Waals surface area contributed by atoms with Crippen LogP contribution in [0.4, 0.5) is 5.69 Å². The van der Waals surface area contributed by atoms with Crippen LogP contribution in [0.2, 0.25) is 0 Å². The molecule has 0 aliphatic carbocycles. The summed E-state index contributed by atoms with van der Waals surface area (Å²) in [6.45, 7) is 2.82. The molecule has 4 nitrogen and oxygen atoms in total. The highest BCUT2D eigenvalue weighted by Crippen LogP contribution is 2.30. The Morgan fingerprint density at radius 3 is 2.75 bits per heavy atom. The lowest BCUT2D eigenvalue weighted by Gasteiger charge is -2.08. The van der Waals surface area contributed by atoms with Gasteiger partial charge in [0.2, 0.25) is 0 Å². The fraction of sp³-hybridized carbons (Fsp3) is 0.267. The van der Waals surface area contributed by atoms with Crippen LogP contribution in [0, 0.1) is 6.92 Å². The van der Waals surface area contributed by atoms with Gasteiger partial charge in [0.05, 0.1) is 23.4 Å². The maximum atomic E-state index is 6.01. The average molecular weight is 286 g/mol. The van der Waals surface area contributed by atoms with Crippen molar-refractivity contribution in [1.82, 2.24) is 14.3 Å². The van der Waals surface area contributed by atoms with E-state index < -0.39 is 0 Å². The van der Waals surface area contributed by atoms with Crippen molar-refractivity contribution >= 4 is 28.4 Å². The minimum absolute atomic E-state index is 0.804. The van der Waals surface area contributed by atoms with Gasteiger partial charge in [0.15, 0.2) is 0 Å². The van der Waals surface area contributed by atoms with E-state index in [1.54, 1.807) is 11.8 Å². The van der Waals surface area contributed by atoms with E-state index >= 15 is 0 Å². The van der Waals surface area contributed by atoms with Crippen molar-refractivity contribution in [1.29, 1.82) is 0 Å². The molecule has 0 amide bonds. The van der Waals surface area contributed by atoms with Crippen molar-refractivity contribution in [2.24, 2.45) is 7.05 Å². The molecule has 3 aromatic rings. The van der Waals surface area contributed by atoms with E-state index in [2.05, 4.69) is 34.3 Å². The monoisotopic (exact) mass is 286 g/mol. The minimum Gasteiger partial charge on any atom is -0.399 e. The SMILES string of the molecule is CSc1cc(N)cc2c1ccn2Cc1cc(C)nn1C. The third kappa shape index (κ3) is 2.18. The maximum absolute atomic E-state index is 6.01. The van der Waals surface area contributed by atoms with Crippen LogP contribution in [-0.4, -0.2) is 20.6 Å². The summed E-state index contributed by atoms with van der Waals surface area (Å²) in [5, 5.41) is 5.65. The van der Waals surface area contributed by atoms with Crippen LogP contribution in [0.15, 0.2) is 35.4 Å². The number of aryl methyl sites for hydroxylation is 2. The molecule has 0 fully saturated rings. The van der Waals surface area contributed by atoms with Gasteiger partial charge in [-0.3, -0.25) is 4.68 Å². The molecule has 0 aliphatic rings. The van der Waals surface area contributed by atoms with Gasteiger partial charge in [0.25, 0.3) is 0 Å². The second-order valence-electron chi connectivity index (χ2n) is 5.00. The molecular formula is C15H18N4S. The number of nitrogens with zero attached hydrogens (tertiary/aromatic N) is 3. The molecule has 0 spiro atoms. The number of aromatic nitrogens is 3. The van der Waals surface area contributed by atoms with Crippen molar-refractivity contribution in [3.05, 3.63) is 41.9 Å². The molecule has 2 aromatic heterocycles. The van der Waals surface area contributed by atoms with Crippen LogP contribution in [0.25, 0.3) is 10.9 Å². The fourth-order valence-corrected chi connectivity index (χ4v) is 3.22. The molecule has 0 unspecified atom stereocenters. The highest BCUT2D eigenvalue weighted by Gasteiger charge is 2.09. The molecule has 0 aliphatic heterocycles. The van der Waals surface area contributed by atoms with E-state index in [-0.39, 0.29) is 0 Å². The van der Waals surface area contributed by atoms with Crippen LogP contribution in [0.1, 0.15) is 11.4 Å². The summed E-state index contributed by atoms with van der Waals surface area (Å²) in [6, 6.07) is 8.35. The summed E-state index contributed by atoms with van der Waals surface area (Å²) in [4.78, 5) is 1.22. The van der Waals surface area contributed by atoms with Gasteiger partial charge < -0.3 is 10.3 Å². The summed E-state index contributed by atoms with van der Waals surface area (Å²) in [7, 11) is 1.98. The Kier molecular flexibility index (Phi) is 3.22. The van der Waals surface area contributed by atoms with Gasteiger partial charge >= 0.3 is 0 Å². The minimum atomic E-state index is 0.804. The highest BCUT2D eigenvalue weighted by atomic mass is 32.2. The Hall–Kier alpha value is -1.88. The van der Waals surface area contributed by atoms with Crippen molar-refractivity contribution in [2.45, 2.75) is 18.4 Å². The summed E-state index contributed by atoms with van der Waals surface area (Å²) in [5.41, 5.74) is 10.2. The van der Waals surface area contributed by atoms with Gasteiger partial charge in [0.1, 0.15) is 0 Å². The molecule has 5 heteroatoms. The average Bonchev–Trinajstić information content (AvgIpc) is 2.93. The third-order valence-electron chi connectivity index (χ3n) is 3.52. The maximum Gasteiger partial charge on any atom is 0.0645 e. The number of hydrogen-bond acceptors (Lipinski definition) is 3. The smallest absolute Gasteiger partial charge is 0.0645 e. The van der Waals surface area contributed by atoms with Crippen molar-refractivity contribution < 1.29 is 0 Å². The lowest BCUT2D eigenvalue weighted by Crippen LogP contribution is -2.04. The molecule has 2 heterocycles. The van der Waals surface area contributed by atoms with Gasteiger partial charge in [-0.2, -0.15) is 5.10 Å². The number of hydrogen-bond donors (Lipinski definition) is 1. The Morgan fingerprint density at radius 2 is 2.10 bits per heavy atom. The van der Waals surface area contributed by atoms with E-state index in [0.29, 0.717) is 0 Å². The highest BCUT2D eigenvalue weighted by molar-refractivity contribution is 7.98. The predicted octanol–water partition coefficient (Wildman–Crippen LogP) is 3.04. The van der Waals surface area contributed by atoms with Gasteiger partial charge in [-0.25, -0.2) is 0 Å². The van der Waals surface area contributed by atoms with Gasteiger partial charge in [-0.1, -0.05) is 0 Å². The molecule has 1 aromatic carbocycles. The second-order valence-corrected chi connectivity index (χ2v) is 5.85. The van der Waals surface area contributed by atoms with Crippen molar-refractivity contribution in [3.63, 3.8) is 0 Å². The normalized spacial score (nSPS) is 11.3. The molecule has 2 N–H and O–H groups in total. The Bertz CT molecular complexity index is 770. The van der Waals surface area contributed by atoms with Crippen molar-refractivity contribution in [2.75, 3.05) is 12.0 Å². The number of fused-ring (bicyclic) bond motifs is 1. The number of nitrogens with two attached hydrogens (primary N) is 1. The second kappa shape index (κ2) is 4.90.